The van der Waals surface area contributed by atoms with Gasteiger partial charge in [-0.1, -0.05) is 29.8 Å². The van der Waals surface area contributed by atoms with Gasteiger partial charge < -0.3 is 9.52 Å². The van der Waals surface area contributed by atoms with E-state index in [0.717, 1.165) is 22.5 Å². The number of aromatic hydroxyl groups is 1. The van der Waals surface area contributed by atoms with Crippen LogP contribution in [0.1, 0.15) is 23.8 Å². The molecule has 0 atom stereocenters. The maximum absolute atomic E-state index is 12.9. The molecule has 146 valence electrons. The van der Waals surface area contributed by atoms with Crippen molar-refractivity contribution < 1.29 is 14.3 Å². The number of rotatable bonds is 3. The second-order valence-electron chi connectivity index (χ2n) is 6.69. The first-order chi connectivity index (χ1) is 13.8. The highest BCUT2D eigenvalue weighted by Gasteiger charge is 2.31. The van der Waals surface area contributed by atoms with Crippen LogP contribution in [-0.4, -0.2) is 21.7 Å². The summed E-state index contributed by atoms with van der Waals surface area (Å²) in [6.45, 7) is 5.32. The molecule has 1 aromatic carbocycles. The van der Waals surface area contributed by atoms with Crippen molar-refractivity contribution in [2.24, 2.45) is 5.10 Å². The van der Waals surface area contributed by atoms with E-state index < -0.39 is 5.63 Å². The zero-order valence-corrected chi connectivity index (χ0v) is 16.8. The Morgan fingerprint density at radius 3 is 2.55 bits per heavy atom. The third-order valence-electron chi connectivity index (χ3n) is 4.43. The maximum Gasteiger partial charge on any atom is 0.349 e. The molecule has 3 aromatic rings. The number of nitrogens with zero attached hydrogens (tertiary/aromatic N) is 3. The molecule has 0 radical (unpaired) electrons. The number of hydrazone groups is 1. The fraction of sp³-hybridized carbons (Fsp3) is 0.143. The number of anilines is 1. The number of carbonyl (C=O) groups excluding carboxylic acids is 1. The minimum atomic E-state index is -0.688. The maximum atomic E-state index is 12.9. The van der Waals surface area contributed by atoms with Gasteiger partial charge >= 0.3 is 5.63 Å². The molecule has 0 aliphatic carbocycles. The highest BCUT2D eigenvalue weighted by Crippen LogP contribution is 2.33. The number of thiazole rings is 1. The summed E-state index contributed by atoms with van der Waals surface area (Å²) < 4.78 is 5.04. The SMILES string of the molecule is CC1=NN(c2nc(-c3c(O)cc(C)oc3=O)cs2)C(=O)/C1=C\c1ccc(C)cc1. The topological polar surface area (TPSA) is 96.0 Å². The van der Waals surface area contributed by atoms with Gasteiger partial charge in [-0.15, -0.1) is 11.3 Å². The van der Waals surface area contributed by atoms with E-state index in [0.29, 0.717) is 22.2 Å². The van der Waals surface area contributed by atoms with Gasteiger partial charge in [0.05, 0.1) is 17.0 Å². The molecule has 4 rings (SSSR count). The average Bonchev–Trinajstić information content (AvgIpc) is 3.23. The second kappa shape index (κ2) is 7.14. The predicted molar refractivity (Wildman–Crippen MR) is 112 cm³/mol. The Morgan fingerprint density at radius 2 is 1.86 bits per heavy atom. The van der Waals surface area contributed by atoms with Crippen LogP contribution in [0.4, 0.5) is 5.13 Å². The molecule has 1 N–H and O–H groups in total. The van der Waals surface area contributed by atoms with E-state index >= 15 is 0 Å². The molecule has 1 aliphatic rings. The molecular weight excluding hydrogens is 390 g/mol. The van der Waals surface area contributed by atoms with E-state index in [4.69, 9.17) is 4.42 Å². The van der Waals surface area contributed by atoms with Crippen LogP contribution < -0.4 is 10.6 Å². The third kappa shape index (κ3) is 3.50. The van der Waals surface area contributed by atoms with Gasteiger partial charge in [-0.3, -0.25) is 4.79 Å². The highest BCUT2D eigenvalue weighted by atomic mass is 32.1. The summed E-state index contributed by atoms with van der Waals surface area (Å²) in [4.78, 5) is 29.3. The van der Waals surface area contributed by atoms with Crippen molar-refractivity contribution in [2.75, 3.05) is 5.01 Å². The van der Waals surface area contributed by atoms with Crippen molar-refractivity contribution in [1.29, 1.82) is 0 Å². The smallest absolute Gasteiger partial charge is 0.349 e. The number of amides is 1. The van der Waals surface area contributed by atoms with Gasteiger partial charge in [0, 0.05) is 11.4 Å². The second-order valence-corrected chi connectivity index (χ2v) is 7.53. The summed E-state index contributed by atoms with van der Waals surface area (Å²) in [6.07, 6.45) is 1.79. The number of aromatic nitrogens is 1. The van der Waals surface area contributed by atoms with Gasteiger partial charge in [0.25, 0.3) is 5.91 Å². The number of aryl methyl sites for hydroxylation is 2. The molecule has 7 nitrogen and oxygen atoms in total. The minimum Gasteiger partial charge on any atom is -0.507 e. The van der Waals surface area contributed by atoms with E-state index in [-0.39, 0.29) is 22.9 Å². The van der Waals surface area contributed by atoms with Gasteiger partial charge in [0.15, 0.2) is 0 Å². The highest BCUT2D eigenvalue weighted by molar-refractivity contribution is 7.14. The number of carbonyl (C=O) groups is 1. The van der Waals surface area contributed by atoms with E-state index in [2.05, 4.69) is 10.1 Å². The van der Waals surface area contributed by atoms with Crippen LogP contribution in [0.2, 0.25) is 0 Å². The molecule has 0 unspecified atom stereocenters. The van der Waals surface area contributed by atoms with Gasteiger partial charge in [-0.05, 0) is 32.4 Å². The summed E-state index contributed by atoms with van der Waals surface area (Å²) >= 11 is 1.15. The van der Waals surface area contributed by atoms with Gasteiger partial charge in [-0.25, -0.2) is 9.78 Å². The molecule has 29 heavy (non-hydrogen) atoms. The fourth-order valence-corrected chi connectivity index (χ4v) is 3.71. The van der Waals surface area contributed by atoms with Gasteiger partial charge in [0.2, 0.25) is 5.13 Å². The molecule has 8 heteroatoms. The van der Waals surface area contributed by atoms with Crippen LogP contribution in [0.3, 0.4) is 0 Å². The zero-order valence-electron chi connectivity index (χ0n) is 16.0. The van der Waals surface area contributed by atoms with Crippen LogP contribution in [0.25, 0.3) is 17.3 Å². The van der Waals surface area contributed by atoms with Crippen molar-refractivity contribution in [3.05, 3.63) is 68.6 Å². The Kier molecular flexibility index (Phi) is 4.63. The molecule has 3 heterocycles. The van der Waals surface area contributed by atoms with E-state index in [1.807, 2.05) is 31.2 Å². The molecule has 1 aliphatic heterocycles. The first-order valence-corrected chi connectivity index (χ1v) is 9.69. The lowest BCUT2D eigenvalue weighted by atomic mass is 10.1. The minimum absolute atomic E-state index is 0.0409. The average molecular weight is 407 g/mol. The number of hydrogen-bond acceptors (Lipinski definition) is 7. The van der Waals surface area contributed by atoms with Crippen LogP contribution in [0.5, 0.6) is 5.75 Å². The summed E-state index contributed by atoms with van der Waals surface area (Å²) in [6, 6.07) is 9.17. The Bertz CT molecular complexity index is 1240. The molecule has 0 saturated heterocycles. The lowest BCUT2D eigenvalue weighted by molar-refractivity contribution is -0.114. The Hall–Kier alpha value is -3.52. The third-order valence-corrected chi connectivity index (χ3v) is 5.25. The molecule has 0 saturated carbocycles. The van der Waals surface area contributed by atoms with E-state index in [9.17, 15) is 14.7 Å². The number of hydrogen-bond donors (Lipinski definition) is 1. The summed E-state index contributed by atoms with van der Waals surface area (Å²) in [5.74, 6) is -0.223. The quantitative estimate of drug-likeness (QED) is 0.665. The number of benzene rings is 1. The molecule has 0 fully saturated rings. The van der Waals surface area contributed by atoms with Crippen LogP contribution in [0, 0.1) is 13.8 Å². The van der Waals surface area contributed by atoms with E-state index in [1.54, 1.807) is 25.3 Å². The normalized spacial score (nSPS) is 15.3. The fourth-order valence-electron chi connectivity index (χ4n) is 2.95. The van der Waals surface area contributed by atoms with Crippen LogP contribution in [0.15, 0.2) is 55.6 Å². The lowest BCUT2D eigenvalue weighted by Crippen LogP contribution is -2.21. The Balaban J connectivity index is 1.67. The monoisotopic (exact) mass is 407 g/mol. The largest absolute Gasteiger partial charge is 0.507 e. The molecule has 2 aromatic heterocycles. The first kappa shape index (κ1) is 18.8. The predicted octanol–water partition coefficient (Wildman–Crippen LogP) is 3.89. The molecular formula is C21H17N3O4S. The van der Waals surface area contributed by atoms with Crippen molar-refractivity contribution in [1.82, 2.24) is 4.98 Å². The summed E-state index contributed by atoms with van der Waals surface area (Å²) in [5, 5.41) is 17.5. The molecule has 1 amide bonds. The zero-order chi connectivity index (χ0) is 20.7. The van der Waals surface area contributed by atoms with Crippen LogP contribution >= 0.6 is 11.3 Å². The lowest BCUT2D eigenvalue weighted by Gasteiger charge is -2.07. The van der Waals surface area contributed by atoms with Gasteiger partial charge in [0.1, 0.15) is 17.1 Å². The van der Waals surface area contributed by atoms with Crippen molar-refractivity contribution in [2.45, 2.75) is 20.8 Å². The van der Waals surface area contributed by atoms with Crippen molar-refractivity contribution in [3.63, 3.8) is 0 Å². The van der Waals surface area contributed by atoms with E-state index in [1.165, 1.54) is 11.1 Å². The summed E-state index contributed by atoms with van der Waals surface area (Å²) in [5.41, 5.74) is 2.59. The van der Waals surface area contributed by atoms with Crippen molar-refractivity contribution >= 4 is 34.2 Å². The van der Waals surface area contributed by atoms with Crippen molar-refractivity contribution in [3.8, 4) is 17.0 Å². The standard InChI is InChI=1S/C21H17N3O4S/c1-11-4-6-14(7-5-11)9-15-13(3)23-24(19(15)26)21-22-16(10-29-21)18-17(25)8-12(2)28-20(18)27/h4-10,25H,1-3H3/b15-9-. The summed E-state index contributed by atoms with van der Waals surface area (Å²) in [7, 11) is 0. The Labute approximate surface area is 170 Å². The molecule has 0 spiro atoms. The first-order valence-electron chi connectivity index (χ1n) is 8.81. The Morgan fingerprint density at radius 1 is 1.14 bits per heavy atom. The van der Waals surface area contributed by atoms with Crippen LogP contribution in [-0.2, 0) is 4.79 Å². The molecule has 0 bridgehead atoms. The van der Waals surface area contributed by atoms with Gasteiger partial charge in [-0.2, -0.15) is 10.1 Å².